The Morgan fingerprint density at radius 2 is 1.02 bits per heavy atom. The molecule has 6 atom stereocenters. The highest BCUT2D eigenvalue weighted by molar-refractivity contribution is 5.70. The second-order valence-corrected chi connectivity index (χ2v) is 14.0. The number of aliphatic hydroxyl groups excluding tert-OH is 4. The molecule has 1 heterocycles. The Morgan fingerprint density at radius 1 is 0.564 bits per heavy atom. The molecule has 55 heavy (non-hydrogen) atoms. The maximum atomic E-state index is 12.7. The average molecular weight is 775 g/mol. The first-order valence-electron chi connectivity index (χ1n) is 21.0. The van der Waals surface area contributed by atoms with Gasteiger partial charge in [-0.1, -0.05) is 125 Å². The van der Waals surface area contributed by atoms with E-state index in [2.05, 4.69) is 86.8 Å². The van der Waals surface area contributed by atoms with Crippen molar-refractivity contribution in [3.63, 3.8) is 0 Å². The van der Waals surface area contributed by atoms with Gasteiger partial charge in [-0.15, -0.1) is 0 Å². The molecule has 1 fully saturated rings. The molecule has 314 valence electrons. The smallest absolute Gasteiger partial charge is 0.306 e. The van der Waals surface area contributed by atoms with Crippen LogP contribution in [-0.2, 0) is 28.5 Å². The third-order valence-corrected chi connectivity index (χ3v) is 9.09. The zero-order valence-electron chi connectivity index (χ0n) is 33.9. The summed E-state index contributed by atoms with van der Waals surface area (Å²) in [5, 5.41) is 40.0. The molecular weight excluding hydrogens is 700 g/mol. The number of hydrogen-bond donors (Lipinski definition) is 4. The number of unbranched alkanes of at least 4 members (excludes halogenated alkanes) is 10. The fourth-order valence-corrected chi connectivity index (χ4v) is 5.80. The predicted molar refractivity (Wildman–Crippen MR) is 219 cm³/mol. The lowest BCUT2D eigenvalue weighted by Crippen LogP contribution is -2.59. The Labute approximate surface area is 332 Å². The number of esters is 2. The van der Waals surface area contributed by atoms with Crippen LogP contribution in [0, 0.1) is 0 Å². The minimum absolute atomic E-state index is 0.202. The van der Waals surface area contributed by atoms with Gasteiger partial charge < -0.3 is 39.4 Å². The minimum atomic E-state index is -1.60. The Bertz CT molecular complexity index is 1120. The monoisotopic (exact) mass is 775 g/mol. The first-order valence-corrected chi connectivity index (χ1v) is 21.0. The van der Waals surface area contributed by atoms with E-state index < -0.39 is 55.4 Å². The Balaban J connectivity index is 2.39. The van der Waals surface area contributed by atoms with Gasteiger partial charge in [0.25, 0.3) is 0 Å². The number of allylic oxidation sites excluding steroid dienone is 12. The lowest BCUT2D eigenvalue weighted by atomic mass is 9.99. The summed E-state index contributed by atoms with van der Waals surface area (Å²) in [4.78, 5) is 25.3. The fourth-order valence-electron chi connectivity index (χ4n) is 5.80. The summed E-state index contributed by atoms with van der Waals surface area (Å²) < 4.78 is 22.1. The summed E-state index contributed by atoms with van der Waals surface area (Å²) in [5.41, 5.74) is 0. The molecule has 0 spiro atoms. The van der Waals surface area contributed by atoms with Crippen molar-refractivity contribution in [2.75, 3.05) is 19.8 Å². The van der Waals surface area contributed by atoms with E-state index in [9.17, 15) is 30.0 Å². The van der Waals surface area contributed by atoms with Crippen LogP contribution in [0.5, 0.6) is 0 Å². The maximum Gasteiger partial charge on any atom is 0.306 e. The Morgan fingerprint density at radius 3 is 1.53 bits per heavy atom. The molecule has 0 aromatic rings. The van der Waals surface area contributed by atoms with E-state index in [0.717, 1.165) is 103 Å². The molecular formula is C45H74O10. The number of hydrogen-bond acceptors (Lipinski definition) is 10. The second-order valence-electron chi connectivity index (χ2n) is 14.0. The third kappa shape index (κ3) is 27.4. The van der Waals surface area contributed by atoms with Gasteiger partial charge in [0.2, 0.25) is 0 Å². The van der Waals surface area contributed by atoms with Gasteiger partial charge in [-0.3, -0.25) is 9.59 Å². The molecule has 0 bridgehead atoms. The number of carbonyl (C=O) groups is 2. The van der Waals surface area contributed by atoms with Crippen molar-refractivity contribution in [2.45, 2.75) is 179 Å². The molecule has 4 N–H and O–H groups in total. The van der Waals surface area contributed by atoms with Crippen LogP contribution in [0.15, 0.2) is 72.9 Å². The Hall–Kier alpha value is -2.86. The van der Waals surface area contributed by atoms with E-state index in [1.54, 1.807) is 0 Å². The van der Waals surface area contributed by atoms with Crippen molar-refractivity contribution in [3.05, 3.63) is 72.9 Å². The SMILES string of the molecule is CC/C=C/C/C=C/C/C=C/CCCCCCCC(=O)OC[C@H](CO[C@@H]1O[C@H](CO)[C@H](O)[C@H](O)[C@H]1O)OC(=O)CCCCCCC/C=C/C/C=C/C/C=C/CC. The molecule has 10 heteroatoms. The summed E-state index contributed by atoms with van der Waals surface area (Å²) in [6.45, 7) is 3.14. The molecule has 10 nitrogen and oxygen atoms in total. The van der Waals surface area contributed by atoms with E-state index in [0.29, 0.717) is 12.8 Å². The minimum Gasteiger partial charge on any atom is -0.462 e. The van der Waals surface area contributed by atoms with Gasteiger partial charge in [-0.2, -0.15) is 0 Å². The Kier molecular flexibility index (Phi) is 32.4. The summed E-state index contributed by atoms with van der Waals surface area (Å²) in [7, 11) is 0. The van der Waals surface area contributed by atoms with Gasteiger partial charge in [-0.05, 0) is 77.0 Å². The quantitative estimate of drug-likeness (QED) is 0.0291. The molecule has 1 aliphatic rings. The van der Waals surface area contributed by atoms with Crippen molar-refractivity contribution < 1.29 is 49.0 Å². The van der Waals surface area contributed by atoms with E-state index in [4.69, 9.17) is 18.9 Å². The van der Waals surface area contributed by atoms with E-state index in [-0.39, 0.29) is 26.1 Å². The molecule has 1 saturated heterocycles. The van der Waals surface area contributed by atoms with Crippen LogP contribution in [0.3, 0.4) is 0 Å². The first kappa shape index (κ1) is 50.2. The largest absolute Gasteiger partial charge is 0.462 e. The van der Waals surface area contributed by atoms with Crippen LogP contribution < -0.4 is 0 Å². The normalized spacial score (nSPS) is 21.3. The molecule has 0 unspecified atom stereocenters. The van der Waals surface area contributed by atoms with Crippen LogP contribution in [0.4, 0.5) is 0 Å². The van der Waals surface area contributed by atoms with E-state index in [1.165, 1.54) is 0 Å². The summed E-state index contributed by atoms with van der Waals surface area (Å²) >= 11 is 0. The second kappa shape index (κ2) is 35.5. The predicted octanol–water partition coefficient (Wildman–Crippen LogP) is 8.44. The molecule has 0 amide bonds. The first-order chi connectivity index (χ1) is 26.8. The topological polar surface area (TPSA) is 152 Å². The van der Waals surface area contributed by atoms with Gasteiger partial charge in [0.05, 0.1) is 13.2 Å². The number of ether oxygens (including phenoxy) is 4. The van der Waals surface area contributed by atoms with Gasteiger partial charge in [0, 0.05) is 12.8 Å². The molecule has 1 aliphatic heterocycles. The third-order valence-electron chi connectivity index (χ3n) is 9.09. The van der Waals surface area contributed by atoms with Crippen LogP contribution in [0.1, 0.15) is 142 Å². The van der Waals surface area contributed by atoms with Crippen LogP contribution >= 0.6 is 0 Å². The van der Waals surface area contributed by atoms with Crippen molar-refractivity contribution in [3.8, 4) is 0 Å². The van der Waals surface area contributed by atoms with Crippen LogP contribution in [0.2, 0.25) is 0 Å². The van der Waals surface area contributed by atoms with Crippen LogP contribution in [-0.4, -0.2) is 89.0 Å². The molecule has 0 radical (unpaired) electrons. The van der Waals surface area contributed by atoms with E-state index >= 15 is 0 Å². The summed E-state index contributed by atoms with van der Waals surface area (Å²) in [6, 6.07) is 0. The number of carbonyl (C=O) groups excluding carboxylic acids is 2. The molecule has 0 saturated carbocycles. The standard InChI is InChI=1S/C45H74O10/c1-3-5-7-9-11-13-15-17-19-21-23-25-27-29-31-33-40(47)52-36-38(37-53-45-44(51)43(50)42(49)39(35-46)55-45)54-41(48)34-32-30-28-26-24-22-20-18-16-14-12-10-8-6-4-2/h5-8,11-14,17-20,38-39,42-46,49-51H,3-4,9-10,15-16,21-37H2,1-2H3/b7-5+,8-6+,13-11+,14-12+,19-17+,20-18+/t38-,39-,42+,43+,44-,45-/m1/s1. The zero-order chi connectivity index (χ0) is 40.2. The van der Waals surface area contributed by atoms with Crippen molar-refractivity contribution in [1.82, 2.24) is 0 Å². The number of aliphatic hydroxyl groups is 4. The van der Waals surface area contributed by atoms with Crippen molar-refractivity contribution >= 4 is 11.9 Å². The summed E-state index contributed by atoms with van der Waals surface area (Å²) in [6.07, 6.45) is 36.2. The molecule has 0 aromatic heterocycles. The lowest BCUT2D eigenvalue weighted by Gasteiger charge is -2.39. The highest BCUT2D eigenvalue weighted by Gasteiger charge is 2.44. The van der Waals surface area contributed by atoms with Crippen LogP contribution in [0.25, 0.3) is 0 Å². The molecule has 0 aliphatic carbocycles. The van der Waals surface area contributed by atoms with Gasteiger partial charge in [0.1, 0.15) is 31.0 Å². The lowest BCUT2D eigenvalue weighted by molar-refractivity contribution is -0.305. The van der Waals surface area contributed by atoms with E-state index in [1.807, 2.05) is 0 Å². The molecule has 1 rings (SSSR count). The van der Waals surface area contributed by atoms with Gasteiger partial charge in [0.15, 0.2) is 12.4 Å². The molecule has 0 aromatic carbocycles. The fraction of sp³-hybridized carbons (Fsp3) is 0.689. The highest BCUT2D eigenvalue weighted by atomic mass is 16.7. The summed E-state index contributed by atoms with van der Waals surface area (Å²) in [5.74, 6) is -0.855. The number of rotatable bonds is 33. The van der Waals surface area contributed by atoms with Crippen molar-refractivity contribution in [1.29, 1.82) is 0 Å². The van der Waals surface area contributed by atoms with Crippen molar-refractivity contribution in [2.24, 2.45) is 0 Å². The maximum absolute atomic E-state index is 12.7. The average Bonchev–Trinajstić information content (AvgIpc) is 3.18. The zero-order valence-corrected chi connectivity index (χ0v) is 33.9. The highest BCUT2D eigenvalue weighted by Crippen LogP contribution is 2.22. The van der Waals surface area contributed by atoms with Gasteiger partial charge >= 0.3 is 11.9 Å². The van der Waals surface area contributed by atoms with Gasteiger partial charge in [-0.25, -0.2) is 0 Å².